The Labute approximate surface area is 95.9 Å². The molecule has 84 valence electrons. The second-order valence-electron chi connectivity index (χ2n) is 4.28. The first-order valence-corrected chi connectivity index (χ1v) is 5.73. The van der Waals surface area contributed by atoms with Crippen LogP contribution in [0.25, 0.3) is 10.9 Å². The molecule has 0 aliphatic heterocycles. The number of hydrogen-bond acceptors (Lipinski definition) is 1. The van der Waals surface area contributed by atoms with E-state index in [1.807, 2.05) is 20.0 Å². The van der Waals surface area contributed by atoms with E-state index in [1.165, 1.54) is 10.9 Å². The summed E-state index contributed by atoms with van der Waals surface area (Å²) in [5, 5.41) is 1.20. The average Bonchev–Trinajstić information content (AvgIpc) is 2.69. The number of hydrogen-bond donors (Lipinski definition) is 0. The molecule has 1 atom stereocenters. The van der Waals surface area contributed by atoms with Crippen molar-refractivity contribution in [3.8, 4) is 0 Å². The molecule has 0 N–H and O–H groups in total. The second kappa shape index (κ2) is 4.12. The monoisotopic (exact) mass is 215 g/mol. The van der Waals surface area contributed by atoms with Gasteiger partial charge in [-0.15, -0.1) is 0 Å². The standard InChI is InChI=1S/C14H17NO/c1-4-14(16)11(3)15-8-7-12-6-5-10(2)9-13(12)15/h5-9,11H,4H2,1-3H3. The highest BCUT2D eigenvalue weighted by Crippen LogP contribution is 2.22. The molecule has 2 heteroatoms. The number of aromatic nitrogens is 1. The molecular weight excluding hydrogens is 198 g/mol. The minimum absolute atomic E-state index is 0.0655. The van der Waals surface area contributed by atoms with Gasteiger partial charge < -0.3 is 4.57 Å². The fourth-order valence-electron chi connectivity index (χ4n) is 2.05. The Bertz CT molecular complexity index is 525. The van der Waals surface area contributed by atoms with Crippen molar-refractivity contribution in [3.63, 3.8) is 0 Å². The van der Waals surface area contributed by atoms with Crippen LogP contribution in [0.15, 0.2) is 30.5 Å². The largest absolute Gasteiger partial charge is 0.337 e. The molecule has 0 fully saturated rings. The zero-order chi connectivity index (χ0) is 11.7. The second-order valence-corrected chi connectivity index (χ2v) is 4.28. The van der Waals surface area contributed by atoms with Crippen molar-refractivity contribution < 1.29 is 4.79 Å². The van der Waals surface area contributed by atoms with Gasteiger partial charge in [-0.25, -0.2) is 0 Å². The van der Waals surface area contributed by atoms with E-state index < -0.39 is 0 Å². The third-order valence-corrected chi connectivity index (χ3v) is 3.11. The number of Topliss-reactive ketones (excluding diaryl/α,β-unsaturated/α-hetero) is 1. The summed E-state index contributed by atoms with van der Waals surface area (Å²) in [4.78, 5) is 11.7. The van der Waals surface area contributed by atoms with Crippen molar-refractivity contribution in [1.29, 1.82) is 0 Å². The molecule has 1 heterocycles. The minimum atomic E-state index is -0.0655. The summed E-state index contributed by atoms with van der Waals surface area (Å²) < 4.78 is 2.06. The Morgan fingerprint density at radius 1 is 1.38 bits per heavy atom. The maximum absolute atomic E-state index is 11.7. The smallest absolute Gasteiger partial charge is 0.155 e. The first-order valence-electron chi connectivity index (χ1n) is 5.73. The van der Waals surface area contributed by atoms with Crippen molar-refractivity contribution in [1.82, 2.24) is 4.57 Å². The fraction of sp³-hybridized carbons (Fsp3) is 0.357. The lowest BCUT2D eigenvalue weighted by Gasteiger charge is -2.13. The number of benzene rings is 1. The van der Waals surface area contributed by atoms with Gasteiger partial charge in [0.05, 0.1) is 6.04 Å². The Morgan fingerprint density at radius 2 is 2.12 bits per heavy atom. The van der Waals surface area contributed by atoms with Crippen LogP contribution in [0.4, 0.5) is 0 Å². The molecule has 1 unspecified atom stereocenters. The van der Waals surface area contributed by atoms with Crippen molar-refractivity contribution >= 4 is 16.7 Å². The highest BCUT2D eigenvalue weighted by atomic mass is 16.1. The van der Waals surface area contributed by atoms with Gasteiger partial charge in [0.1, 0.15) is 0 Å². The molecule has 2 nitrogen and oxygen atoms in total. The molecule has 0 amide bonds. The number of ketones is 1. The molecule has 1 aromatic carbocycles. The first kappa shape index (κ1) is 10.9. The molecule has 0 saturated carbocycles. The number of carbonyl (C=O) groups is 1. The first-order chi connectivity index (χ1) is 7.63. The van der Waals surface area contributed by atoms with Crippen molar-refractivity contribution in [2.24, 2.45) is 0 Å². The molecule has 1 aromatic heterocycles. The average molecular weight is 215 g/mol. The van der Waals surface area contributed by atoms with Crippen LogP contribution >= 0.6 is 0 Å². The molecule has 16 heavy (non-hydrogen) atoms. The summed E-state index contributed by atoms with van der Waals surface area (Å²) in [5.74, 6) is 0.277. The van der Waals surface area contributed by atoms with Crippen LogP contribution in [0, 0.1) is 6.92 Å². The van der Waals surface area contributed by atoms with Gasteiger partial charge in [0.2, 0.25) is 0 Å². The maximum atomic E-state index is 11.7. The van der Waals surface area contributed by atoms with Gasteiger partial charge in [0.15, 0.2) is 5.78 Å². The Kier molecular flexibility index (Phi) is 2.82. The highest BCUT2D eigenvalue weighted by molar-refractivity contribution is 5.86. The quantitative estimate of drug-likeness (QED) is 0.768. The van der Waals surface area contributed by atoms with Gasteiger partial charge in [0.25, 0.3) is 0 Å². The normalized spacial score (nSPS) is 12.9. The van der Waals surface area contributed by atoms with E-state index in [4.69, 9.17) is 0 Å². The number of aryl methyl sites for hydroxylation is 1. The summed E-state index contributed by atoms with van der Waals surface area (Å²) in [5.41, 5.74) is 2.37. The van der Waals surface area contributed by atoms with Crippen LogP contribution in [0.3, 0.4) is 0 Å². The van der Waals surface area contributed by atoms with Crippen LogP contribution in [0.5, 0.6) is 0 Å². The van der Waals surface area contributed by atoms with Crippen molar-refractivity contribution in [2.75, 3.05) is 0 Å². The van der Waals surface area contributed by atoms with Gasteiger partial charge in [0, 0.05) is 18.1 Å². The summed E-state index contributed by atoms with van der Waals surface area (Å²) in [7, 11) is 0. The molecule has 2 aromatic rings. The minimum Gasteiger partial charge on any atom is -0.337 e. The van der Waals surface area contributed by atoms with E-state index in [-0.39, 0.29) is 11.8 Å². The number of rotatable bonds is 3. The van der Waals surface area contributed by atoms with Crippen LogP contribution in [0.1, 0.15) is 31.9 Å². The van der Waals surface area contributed by atoms with Gasteiger partial charge in [-0.05, 0) is 36.9 Å². The summed E-state index contributed by atoms with van der Waals surface area (Å²) in [6.45, 7) is 5.95. The number of fused-ring (bicyclic) bond motifs is 1. The Morgan fingerprint density at radius 3 is 2.81 bits per heavy atom. The topological polar surface area (TPSA) is 22.0 Å². The third-order valence-electron chi connectivity index (χ3n) is 3.11. The van der Waals surface area contributed by atoms with E-state index >= 15 is 0 Å². The van der Waals surface area contributed by atoms with Crippen molar-refractivity contribution in [3.05, 3.63) is 36.0 Å². The molecular formula is C14H17NO. The third kappa shape index (κ3) is 1.75. The predicted octanol–water partition coefficient (Wildman–Crippen LogP) is 3.49. The van der Waals surface area contributed by atoms with Crippen molar-refractivity contribution in [2.45, 2.75) is 33.2 Å². The number of carbonyl (C=O) groups excluding carboxylic acids is 1. The molecule has 0 bridgehead atoms. The van der Waals surface area contributed by atoms with Crippen LogP contribution in [-0.4, -0.2) is 10.4 Å². The lowest BCUT2D eigenvalue weighted by atomic mass is 10.1. The van der Waals surface area contributed by atoms with Gasteiger partial charge in [-0.1, -0.05) is 19.1 Å². The lowest BCUT2D eigenvalue weighted by Crippen LogP contribution is -2.14. The molecule has 0 aliphatic rings. The van der Waals surface area contributed by atoms with E-state index in [0.29, 0.717) is 6.42 Å². The molecule has 0 radical (unpaired) electrons. The summed E-state index contributed by atoms with van der Waals surface area (Å²) >= 11 is 0. The van der Waals surface area contributed by atoms with Crippen LogP contribution in [-0.2, 0) is 4.79 Å². The molecule has 0 spiro atoms. The maximum Gasteiger partial charge on any atom is 0.155 e. The van der Waals surface area contributed by atoms with E-state index in [9.17, 15) is 4.79 Å². The van der Waals surface area contributed by atoms with Gasteiger partial charge in [-0.3, -0.25) is 4.79 Å². The predicted molar refractivity (Wildman–Crippen MR) is 66.7 cm³/mol. The highest BCUT2D eigenvalue weighted by Gasteiger charge is 2.14. The van der Waals surface area contributed by atoms with Gasteiger partial charge >= 0.3 is 0 Å². The van der Waals surface area contributed by atoms with Crippen LogP contribution < -0.4 is 0 Å². The summed E-state index contributed by atoms with van der Waals surface area (Å²) in [6, 6.07) is 8.33. The molecule has 2 rings (SSSR count). The zero-order valence-corrected chi connectivity index (χ0v) is 10.0. The van der Waals surface area contributed by atoms with E-state index in [2.05, 4.69) is 35.8 Å². The molecule has 0 saturated heterocycles. The Balaban J connectivity index is 2.52. The van der Waals surface area contributed by atoms with Gasteiger partial charge in [-0.2, -0.15) is 0 Å². The van der Waals surface area contributed by atoms with Crippen LogP contribution in [0.2, 0.25) is 0 Å². The molecule has 0 aliphatic carbocycles. The Hall–Kier alpha value is -1.57. The zero-order valence-electron chi connectivity index (χ0n) is 10.0. The summed E-state index contributed by atoms with van der Waals surface area (Å²) in [6.07, 6.45) is 2.59. The van der Waals surface area contributed by atoms with E-state index in [0.717, 1.165) is 5.52 Å². The number of nitrogens with zero attached hydrogens (tertiary/aromatic N) is 1. The SMILES string of the molecule is CCC(=O)C(C)n1ccc2ccc(C)cc21. The lowest BCUT2D eigenvalue weighted by molar-refractivity contribution is -0.121. The fourth-order valence-corrected chi connectivity index (χ4v) is 2.05. The van der Waals surface area contributed by atoms with E-state index in [1.54, 1.807) is 0 Å².